The van der Waals surface area contributed by atoms with Crippen molar-refractivity contribution in [3.8, 4) is 0 Å². The minimum atomic E-state index is -0.492. The Hall–Kier alpha value is -0.960. The predicted molar refractivity (Wildman–Crippen MR) is 53.6 cm³/mol. The second kappa shape index (κ2) is 4.27. The number of hydrogen-bond donors (Lipinski definition) is 1. The van der Waals surface area contributed by atoms with E-state index in [-0.39, 0.29) is 11.5 Å². The highest BCUT2D eigenvalue weighted by Crippen LogP contribution is 2.35. The Balaban J connectivity index is 2.28. The van der Waals surface area contributed by atoms with E-state index in [1.165, 1.54) is 18.2 Å². The van der Waals surface area contributed by atoms with Crippen molar-refractivity contribution >= 4 is 0 Å². The molecule has 2 rings (SSSR count). The van der Waals surface area contributed by atoms with Crippen LogP contribution in [0.1, 0.15) is 37.2 Å². The van der Waals surface area contributed by atoms with Crippen LogP contribution in [0.15, 0.2) is 18.2 Å². The average Bonchev–Trinajstić information content (AvgIpc) is 2.17. The normalized spacial score (nSPS) is 26.6. The second-order valence-corrected chi connectivity index (χ2v) is 4.15. The Morgan fingerprint density at radius 1 is 1.13 bits per heavy atom. The van der Waals surface area contributed by atoms with Gasteiger partial charge in [0.1, 0.15) is 11.6 Å². The molecule has 3 heteroatoms. The molecule has 0 aliphatic heterocycles. The van der Waals surface area contributed by atoms with Crippen molar-refractivity contribution in [2.45, 2.75) is 37.7 Å². The van der Waals surface area contributed by atoms with Gasteiger partial charge in [0.2, 0.25) is 0 Å². The predicted octanol–water partition coefficient (Wildman–Crippen LogP) is 2.98. The zero-order valence-electron chi connectivity index (χ0n) is 8.42. The third kappa shape index (κ3) is 2.17. The van der Waals surface area contributed by atoms with Crippen molar-refractivity contribution in [1.29, 1.82) is 0 Å². The minimum absolute atomic E-state index is 0.149. The lowest BCUT2D eigenvalue weighted by molar-refractivity contribution is 0.118. The summed E-state index contributed by atoms with van der Waals surface area (Å²) in [4.78, 5) is 0. The molecule has 0 radical (unpaired) electrons. The molecule has 15 heavy (non-hydrogen) atoms. The minimum Gasteiger partial charge on any atom is -0.393 e. The SMILES string of the molecule is OC1CCCC(c2c(F)cccc2F)C1. The number of hydrogen-bond acceptors (Lipinski definition) is 1. The van der Waals surface area contributed by atoms with Crippen molar-refractivity contribution in [1.82, 2.24) is 0 Å². The van der Waals surface area contributed by atoms with E-state index in [1.807, 2.05) is 0 Å². The molecule has 1 nitrogen and oxygen atoms in total. The highest BCUT2D eigenvalue weighted by atomic mass is 19.1. The summed E-state index contributed by atoms with van der Waals surface area (Å²) in [5, 5.41) is 9.48. The molecule has 0 amide bonds. The van der Waals surface area contributed by atoms with Gasteiger partial charge in [0.15, 0.2) is 0 Å². The summed E-state index contributed by atoms with van der Waals surface area (Å²) < 4.78 is 26.9. The van der Waals surface area contributed by atoms with Gasteiger partial charge in [-0.25, -0.2) is 8.78 Å². The van der Waals surface area contributed by atoms with Crippen molar-refractivity contribution in [2.75, 3.05) is 0 Å². The molecule has 1 aromatic carbocycles. The standard InChI is InChI=1S/C12H14F2O/c13-10-5-2-6-11(14)12(10)8-3-1-4-9(15)7-8/h2,5-6,8-9,15H,1,3-4,7H2. The molecule has 1 fully saturated rings. The largest absolute Gasteiger partial charge is 0.393 e. The van der Waals surface area contributed by atoms with Crippen LogP contribution in [-0.4, -0.2) is 11.2 Å². The third-order valence-electron chi connectivity index (χ3n) is 3.05. The zero-order chi connectivity index (χ0) is 10.8. The van der Waals surface area contributed by atoms with Gasteiger partial charge in [0, 0.05) is 5.56 Å². The molecule has 2 unspecified atom stereocenters. The van der Waals surface area contributed by atoms with Gasteiger partial charge in [-0.3, -0.25) is 0 Å². The first-order chi connectivity index (χ1) is 7.18. The molecule has 0 saturated heterocycles. The number of aliphatic hydroxyl groups is 1. The molecule has 0 bridgehead atoms. The summed E-state index contributed by atoms with van der Waals surface area (Å²) in [5.41, 5.74) is 0.149. The first-order valence-corrected chi connectivity index (χ1v) is 5.30. The van der Waals surface area contributed by atoms with E-state index in [2.05, 4.69) is 0 Å². The molecule has 0 aromatic heterocycles. The summed E-state index contributed by atoms with van der Waals surface area (Å²) in [6.07, 6.45) is 2.39. The van der Waals surface area contributed by atoms with Gasteiger partial charge in [-0.1, -0.05) is 12.5 Å². The van der Waals surface area contributed by atoms with Crippen LogP contribution in [0.5, 0.6) is 0 Å². The monoisotopic (exact) mass is 212 g/mol. The smallest absolute Gasteiger partial charge is 0.129 e. The van der Waals surface area contributed by atoms with Crippen molar-refractivity contribution < 1.29 is 13.9 Å². The molecule has 2 atom stereocenters. The first kappa shape index (κ1) is 10.6. The fourth-order valence-corrected chi connectivity index (χ4v) is 2.33. The van der Waals surface area contributed by atoms with Gasteiger partial charge in [-0.15, -0.1) is 0 Å². The number of aliphatic hydroxyl groups excluding tert-OH is 1. The molecular formula is C12H14F2O. The van der Waals surface area contributed by atoms with Gasteiger partial charge in [0.05, 0.1) is 6.10 Å². The molecule has 0 spiro atoms. The van der Waals surface area contributed by atoms with Crippen molar-refractivity contribution in [3.05, 3.63) is 35.4 Å². The molecule has 1 N–H and O–H groups in total. The van der Waals surface area contributed by atoms with Crippen LogP contribution in [-0.2, 0) is 0 Å². The lowest BCUT2D eigenvalue weighted by atomic mass is 9.82. The molecule has 82 valence electrons. The first-order valence-electron chi connectivity index (χ1n) is 5.30. The quantitative estimate of drug-likeness (QED) is 0.758. The van der Waals surface area contributed by atoms with Gasteiger partial charge in [-0.05, 0) is 37.3 Å². The Morgan fingerprint density at radius 3 is 2.40 bits per heavy atom. The van der Waals surface area contributed by atoms with Crippen LogP contribution in [0.3, 0.4) is 0 Å². The van der Waals surface area contributed by atoms with E-state index < -0.39 is 17.7 Å². The second-order valence-electron chi connectivity index (χ2n) is 4.15. The maximum atomic E-state index is 13.4. The van der Waals surface area contributed by atoms with Gasteiger partial charge >= 0.3 is 0 Å². The van der Waals surface area contributed by atoms with Crippen molar-refractivity contribution in [3.63, 3.8) is 0 Å². The van der Waals surface area contributed by atoms with Crippen LogP contribution >= 0.6 is 0 Å². The number of rotatable bonds is 1. The Kier molecular flexibility index (Phi) is 3.00. The van der Waals surface area contributed by atoms with Crippen LogP contribution in [0.4, 0.5) is 8.78 Å². The Morgan fingerprint density at radius 2 is 1.80 bits per heavy atom. The zero-order valence-corrected chi connectivity index (χ0v) is 8.42. The Bertz CT molecular complexity index is 331. The number of benzene rings is 1. The summed E-state index contributed by atoms with van der Waals surface area (Å²) >= 11 is 0. The fourth-order valence-electron chi connectivity index (χ4n) is 2.33. The summed E-state index contributed by atoms with van der Waals surface area (Å²) in [6, 6.07) is 3.92. The molecule has 1 aliphatic rings. The summed E-state index contributed by atoms with van der Waals surface area (Å²) in [7, 11) is 0. The van der Waals surface area contributed by atoms with Gasteiger partial charge in [0.25, 0.3) is 0 Å². The van der Waals surface area contributed by atoms with Crippen LogP contribution < -0.4 is 0 Å². The van der Waals surface area contributed by atoms with E-state index in [9.17, 15) is 13.9 Å². The van der Waals surface area contributed by atoms with E-state index in [4.69, 9.17) is 0 Å². The Labute approximate surface area is 87.7 Å². The lowest BCUT2D eigenvalue weighted by Crippen LogP contribution is -2.19. The van der Waals surface area contributed by atoms with Crippen LogP contribution in [0, 0.1) is 11.6 Å². The number of halogens is 2. The van der Waals surface area contributed by atoms with E-state index >= 15 is 0 Å². The maximum Gasteiger partial charge on any atom is 0.129 e. The van der Waals surface area contributed by atoms with Crippen molar-refractivity contribution in [2.24, 2.45) is 0 Å². The van der Waals surface area contributed by atoms with E-state index in [1.54, 1.807) is 0 Å². The summed E-state index contributed by atoms with van der Waals surface area (Å²) in [5.74, 6) is -1.15. The molecule has 1 saturated carbocycles. The fraction of sp³-hybridized carbons (Fsp3) is 0.500. The van der Waals surface area contributed by atoms with E-state index in [0.717, 1.165) is 19.3 Å². The summed E-state index contributed by atoms with van der Waals surface area (Å²) in [6.45, 7) is 0. The molecule has 1 aliphatic carbocycles. The lowest BCUT2D eigenvalue weighted by Gasteiger charge is -2.26. The highest BCUT2D eigenvalue weighted by molar-refractivity contribution is 5.24. The highest BCUT2D eigenvalue weighted by Gasteiger charge is 2.26. The maximum absolute atomic E-state index is 13.4. The van der Waals surface area contributed by atoms with Gasteiger partial charge in [-0.2, -0.15) is 0 Å². The van der Waals surface area contributed by atoms with Gasteiger partial charge < -0.3 is 5.11 Å². The molecular weight excluding hydrogens is 198 g/mol. The van der Waals surface area contributed by atoms with Crippen LogP contribution in [0.2, 0.25) is 0 Å². The van der Waals surface area contributed by atoms with Crippen LogP contribution in [0.25, 0.3) is 0 Å². The van der Waals surface area contributed by atoms with E-state index in [0.29, 0.717) is 6.42 Å². The topological polar surface area (TPSA) is 20.2 Å². The molecule has 1 aromatic rings. The third-order valence-corrected chi connectivity index (χ3v) is 3.05. The molecule has 0 heterocycles. The average molecular weight is 212 g/mol.